The largest absolute Gasteiger partial charge is 0.481 e. The molecule has 36 heavy (non-hydrogen) atoms. The summed E-state index contributed by atoms with van der Waals surface area (Å²) >= 11 is 0. The summed E-state index contributed by atoms with van der Waals surface area (Å²) in [5, 5.41) is 22.0. The summed E-state index contributed by atoms with van der Waals surface area (Å²) < 4.78 is 0. The minimum atomic E-state index is -0.587. The molecule has 3 heteroatoms. The molecule has 0 aromatic carbocycles. The zero-order valence-corrected chi connectivity index (χ0v) is 23.9. The first-order valence-corrected chi connectivity index (χ1v) is 14.8. The lowest BCUT2D eigenvalue weighted by Gasteiger charge is -2.72. The van der Waals surface area contributed by atoms with E-state index in [0.29, 0.717) is 30.1 Å². The summed E-state index contributed by atoms with van der Waals surface area (Å²) in [6, 6.07) is 0. The third-order valence-electron chi connectivity index (χ3n) is 13.9. The summed E-state index contributed by atoms with van der Waals surface area (Å²) in [6.07, 6.45) is 16.6. The van der Waals surface area contributed by atoms with Gasteiger partial charge in [-0.3, -0.25) is 4.79 Å². The smallest absolute Gasteiger partial charge is 0.310 e. The van der Waals surface area contributed by atoms with Crippen LogP contribution in [-0.4, -0.2) is 22.3 Å². The molecule has 0 spiro atoms. The first-order chi connectivity index (χ1) is 16.7. The Balaban J connectivity index is 1.62. The molecule has 5 rings (SSSR count). The van der Waals surface area contributed by atoms with Crippen LogP contribution in [0.5, 0.6) is 0 Å². The molecule has 2 N–H and O–H groups in total. The number of aliphatic hydroxyl groups is 1. The van der Waals surface area contributed by atoms with Crippen LogP contribution in [0.2, 0.25) is 0 Å². The summed E-state index contributed by atoms with van der Waals surface area (Å²) in [6.45, 7) is 16.8. The predicted octanol–water partition coefficient (Wildman–Crippen LogP) is 7.34. The lowest BCUT2D eigenvalue weighted by molar-refractivity contribution is -0.220. The highest BCUT2D eigenvalue weighted by Gasteiger charge is 2.70. The fourth-order valence-electron chi connectivity index (χ4n) is 11.6. The molecular weight excluding hydrogens is 444 g/mol. The molecule has 4 saturated carbocycles. The molecular formula is C33H50O3. The fraction of sp³-hybridized carbons (Fsp3) is 0.848. The van der Waals surface area contributed by atoms with Crippen LogP contribution >= 0.6 is 0 Å². The standard InChI is InChI=1S/C33H50O3/c1-9-10-22-19-30(6)24(29(4,5)27(22)34)14-15-32(8)25(30)12-11-23-26-21(3)20(2)13-16-33(26,28(35)36)18-17-31(23,32)7/h1,11,20-22,24-27,34H,10,12-19H2,2-8H3,(H,35,36)/t20-,21+,22-,24+,25-,26+,27+,30+,31-,32-,33+/m1/s1. The number of fused-ring (bicyclic) bond motifs is 7. The van der Waals surface area contributed by atoms with E-state index in [4.69, 9.17) is 6.42 Å². The quantitative estimate of drug-likeness (QED) is 0.312. The van der Waals surface area contributed by atoms with Crippen LogP contribution in [-0.2, 0) is 4.79 Å². The van der Waals surface area contributed by atoms with Gasteiger partial charge in [0.05, 0.1) is 11.5 Å². The number of aliphatic hydroxyl groups excluding tert-OH is 1. The Morgan fingerprint density at radius 1 is 1.06 bits per heavy atom. The van der Waals surface area contributed by atoms with E-state index >= 15 is 0 Å². The van der Waals surface area contributed by atoms with Crippen molar-refractivity contribution >= 4 is 5.97 Å². The van der Waals surface area contributed by atoms with Crippen LogP contribution in [0.1, 0.15) is 106 Å². The Labute approximate surface area is 219 Å². The number of allylic oxidation sites excluding steroid dienone is 2. The number of rotatable bonds is 2. The molecule has 0 unspecified atom stereocenters. The molecule has 0 bridgehead atoms. The SMILES string of the molecule is C#CC[C@@H]1C[C@]2(C)[C@H]3CC=C4[C@@H]5[C@@H](C)[C@H](C)CC[C@]5(C(=O)O)CC[C@@]4(C)[C@]3(C)CC[C@H]2C(C)(C)[C@H]1O. The topological polar surface area (TPSA) is 57.5 Å². The van der Waals surface area contributed by atoms with Crippen LogP contribution in [0.3, 0.4) is 0 Å². The van der Waals surface area contributed by atoms with Crippen LogP contribution in [0.4, 0.5) is 0 Å². The van der Waals surface area contributed by atoms with Crippen molar-refractivity contribution < 1.29 is 15.0 Å². The number of carbonyl (C=O) groups is 1. The maximum absolute atomic E-state index is 12.9. The molecule has 0 aliphatic heterocycles. The van der Waals surface area contributed by atoms with Crippen molar-refractivity contribution in [2.75, 3.05) is 0 Å². The van der Waals surface area contributed by atoms with E-state index in [1.807, 2.05) is 0 Å². The van der Waals surface area contributed by atoms with Gasteiger partial charge in [0.1, 0.15) is 0 Å². The molecule has 11 atom stereocenters. The lowest BCUT2D eigenvalue weighted by atomic mass is 9.33. The summed E-state index contributed by atoms with van der Waals surface area (Å²) in [7, 11) is 0. The normalized spacial score (nSPS) is 53.5. The third-order valence-corrected chi connectivity index (χ3v) is 13.9. The van der Waals surface area contributed by atoms with Crippen LogP contribution < -0.4 is 0 Å². The molecule has 3 nitrogen and oxygen atoms in total. The molecule has 0 radical (unpaired) electrons. The molecule has 0 aromatic heterocycles. The van der Waals surface area contributed by atoms with Crippen molar-refractivity contribution in [2.24, 2.45) is 62.6 Å². The summed E-state index contributed by atoms with van der Waals surface area (Å²) in [4.78, 5) is 12.9. The van der Waals surface area contributed by atoms with Gasteiger partial charge < -0.3 is 10.2 Å². The molecule has 5 aliphatic rings. The number of aliphatic carboxylic acids is 1. The first kappa shape index (κ1) is 26.3. The molecule has 4 fully saturated rings. The Morgan fingerprint density at radius 2 is 1.75 bits per heavy atom. The van der Waals surface area contributed by atoms with Crippen molar-refractivity contribution in [1.82, 2.24) is 0 Å². The molecule has 0 heterocycles. The number of carboxylic acid groups (broad SMARTS) is 1. The second-order valence-electron chi connectivity index (χ2n) is 15.2. The monoisotopic (exact) mass is 494 g/mol. The zero-order valence-electron chi connectivity index (χ0n) is 23.9. The van der Waals surface area contributed by atoms with E-state index in [1.165, 1.54) is 12.0 Å². The number of carboxylic acids is 1. The number of hydrogen-bond acceptors (Lipinski definition) is 2. The van der Waals surface area contributed by atoms with Gasteiger partial charge in [0.15, 0.2) is 0 Å². The van der Waals surface area contributed by atoms with Crippen LogP contribution in [0.15, 0.2) is 11.6 Å². The highest BCUT2D eigenvalue weighted by atomic mass is 16.4. The average Bonchev–Trinajstić information content (AvgIpc) is 2.80. The average molecular weight is 495 g/mol. The van der Waals surface area contributed by atoms with Gasteiger partial charge in [0, 0.05) is 6.42 Å². The van der Waals surface area contributed by atoms with Crippen molar-refractivity contribution in [1.29, 1.82) is 0 Å². The van der Waals surface area contributed by atoms with E-state index in [2.05, 4.69) is 60.5 Å². The Bertz CT molecular complexity index is 1000. The van der Waals surface area contributed by atoms with Crippen molar-refractivity contribution in [2.45, 2.75) is 112 Å². The Morgan fingerprint density at radius 3 is 2.39 bits per heavy atom. The van der Waals surface area contributed by atoms with Crippen molar-refractivity contribution in [3.8, 4) is 12.3 Å². The first-order valence-electron chi connectivity index (χ1n) is 14.8. The van der Waals surface area contributed by atoms with E-state index in [0.717, 1.165) is 44.9 Å². The van der Waals surface area contributed by atoms with Gasteiger partial charge in [-0.1, -0.05) is 60.1 Å². The van der Waals surface area contributed by atoms with Gasteiger partial charge in [0.2, 0.25) is 0 Å². The summed E-state index contributed by atoms with van der Waals surface area (Å²) in [5.74, 6) is 4.59. The van der Waals surface area contributed by atoms with Gasteiger partial charge in [-0.25, -0.2) is 0 Å². The highest BCUT2D eigenvalue weighted by Crippen LogP contribution is 2.76. The Hall–Kier alpha value is -1.27. The maximum atomic E-state index is 12.9. The van der Waals surface area contributed by atoms with E-state index in [9.17, 15) is 15.0 Å². The molecule has 0 aromatic rings. The van der Waals surface area contributed by atoms with Crippen LogP contribution in [0, 0.1) is 74.9 Å². The van der Waals surface area contributed by atoms with Crippen molar-refractivity contribution in [3.05, 3.63) is 11.6 Å². The maximum Gasteiger partial charge on any atom is 0.310 e. The van der Waals surface area contributed by atoms with Gasteiger partial charge in [-0.15, -0.1) is 12.3 Å². The van der Waals surface area contributed by atoms with Gasteiger partial charge >= 0.3 is 5.97 Å². The molecule has 200 valence electrons. The number of terminal acetylenes is 1. The van der Waals surface area contributed by atoms with Crippen molar-refractivity contribution in [3.63, 3.8) is 0 Å². The van der Waals surface area contributed by atoms with Gasteiger partial charge in [-0.2, -0.15) is 0 Å². The minimum absolute atomic E-state index is 0.0284. The van der Waals surface area contributed by atoms with Gasteiger partial charge in [-0.05, 0) is 109 Å². The van der Waals surface area contributed by atoms with Crippen LogP contribution in [0.25, 0.3) is 0 Å². The number of hydrogen-bond donors (Lipinski definition) is 2. The molecule has 0 saturated heterocycles. The highest BCUT2D eigenvalue weighted by molar-refractivity contribution is 5.76. The fourth-order valence-corrected chi connectivity index (χ4v) is 11.6. The zero-order chi connectivity index (χ0) is 26.5. The Kier molecular flexibility index (Phi) is 5.94. The second-order valence-corrected chi connectivity index (χ2v) is 15.2. The molecule has 5 aliphatic carbocycles. The second kappa shape index (κ2) is 8.11. The van der Waals surface area contributed by atoms with E-state index in [-0.39, 0.29) is 39.6 Å². The predicted molar refractivity (Wildman–Crippen MR) is 145 cm³/mol. The van der Waals surface area contributed by atoms with E-state index < -0.39 is 11.4 Å². The summed E-state index contributed by atoms with van der Waals surface area (Å²) in [5.41, 5.74) is 1.03. The van der Waals surface area contributed by atoms with E-state index in [1.54, 1.807) is 0 Å². The minimum Gasteiger partial charge on any atom is -0.481 e. The molecule has 0 amide bonds. The lowest BCUT2D eigenvalue weighted by Crippen LogP contribution is -2.66. The van der Waals surface area contributed by atoms with Gasteiger partial charge in [0.25, 0.3) is 0 Å². The third kappa shape index (κ3) is 3.06.